The van der Waals surface area contributed by atoms with E-state index in [1.54, 1.807) is 21.3 Å². The van der Waals surface area contributed by atoms with E-state index in [0.717, 1.165) is 19.5 Å². The maximum absolute atomic E-state index is 5.65. The van der Waals surface area contributed by atoms with Crippen LogP contribution in [0.3, 0.4) is 0 Å². The molecule has 0 saturated carbocycles. The maximum Gasteiger partial charge on any atom is 0.598 e. The Bertz CT molecular complexity index is 325. The number of halogens is 1. The Morgan fingerprint density at radius 2 is 0.800 bits per heavy atom. The van der Waals surface area contributed by atoms with Gasteiger partial charge in [0.25, 0.3) is 0 Å². The van der Waals surface area contributed by atoms with Crippen molar-refractivity contribution in [3.8, 4) is 0 Å². The summed E-state index contributed by atoms with van der Waals surface area (Å²) in [7, 11) is 2.47. The molecule has 4 nitrogen and oxygen atoms in total. The van der Waals surface area contributed by atoms with Gasteiger partial charge in [0.1, 0.15) is 0 Å². The van der Waals surface area contributed by atoms with E-state index < -0.39 is 8.97 Å². The fourth-order valence-electron chi connectivity index (χ4n) is 4.14. The molecule has 0 amide bonds. The largest absolute Gasteiger partial charge is 0.598 e. The second-order valence-corrected chi connectivity index (χ2v) is 11.3. The summed E-state index contributed by atoms with van der Waals surface area (Å²) in [6.07, 6.45) is 23.5. The SMILES string of the molecule is CCCCCCCCCCCCCCCCCCN(CCC)[Si](OC)(OC)OC.Cl. The summed E-state index contributed by atoms with van der Waals surface area (Å²) >= 11 is 0. The van der Waals surface area contributed by atoms with Gasteiger partial charge in [-0.1, -0.05) is 110 Å². The second kappa shape index (κ2) is 24.0. The Balaban J connectivity index is 0. The Morgan fingerprint density at radius 1 is 0.467 bits per heavy atom. The smallest absolute Gasteiger partial charge is 0.364 e. The molecule has 0 aromatic carbocycles. The first-order valence-corrected chi connectivity index (χ1v) is 14.3. The van der Waals surface area contributed by atoms with Crippen molar-refractivity contribution in [2.24, 2.45) is 0 Å². The lowest BCUT2D eigenvalue weighted by atomic mass is 10.0. The molecule has 0 aromatic heterocycles. The highest BCUT2D eigenvalue weighted by atomic mass is 35.5. The van der Waals surface area contributed by atoms with Gasteiger partial charge in [-0.25, -0.2) is 0 Å². The van der Waals surface area contributed by atoms with Gasteiger partial charge in [-0.05, 0) is 25.9 Å². The van der Waals surface area contributed by atoms with Crippen molar-refractivity contribution in [1.82, 2.24) is 4.57 Å². The highest BCUT2D eigenvalue weighted by molar-refractivity contribution is 6.57. The minimum atomic E-state index is -2.64. The fraction of sp³-hybridized carbons (Fsp3) is 1.00. The number of nitrogens with zero attached hydrogens (tertiary/aromatic N) is 1. The van der Waals surface area contributed by atoms with Crippen LogP contribution in [0, 0.1) is 0 Å². The van der Waals surface area contributed by atoms with Crippen LogP contribution in [0.15, 0.2) is 0 Å². The van der Waals surface area contributed by atoms with Gasteiger partial charge in [0.2, 0.25) is 0 Å². The van der Waals surface area contributed by atoms with Gasteiger partial charge in [-0.3, -0.25) is 4.57 Å². The lowest BCUT2D eigenvalue weighted by molar-refractivity contribution is 0.0565. The molecule has 0 rings (SSSR count). The van der Waals surface area contributed by atoms with E-state index in [1.807, 2.05) is 0 Å². The zero-order valence-corrected chi connectivity index (χ0v) is 22.8. The van der Waals surface area contributed by atoms with Crippen molar-refractivity contribution < 1.29 is 13.3 Å². The zero-order chi connectivity index (χ0) is 21.6. The Kier molecular flexibility index (Phi) is 26.0. The second-order valence-electron chi connectivity index (χ2n) is 8.43. The Labute approximate surface area is 196 Å². The Hall–Kier alpha value is 0.347. The summed E-state index contributed by atoms with van der Waals surface area (Å²) in [5.41, 5.74) is 0. The molecule has 0 unspecified atom stereocenters. The zero-order valence-electron chi connectivity index (χ0n) is 21.0. The summed E-state index contributed by atoms with van der Waals surface area (Å²) in [6.45, 7) is 6.47. The molecule has 0 spiro atoms. The van der Waals surface area contributed by atoms with Crippen LogP contribution >= 0.6 is 12.4 Å². The number of hydrogen-bond donors (Lipinski definition) is 0. The molecule has 0 radical (unpaired) electrons. The minimum Gasteiger partial charge on any atom is -0.364 e. The van der Waals surface area contributed by atoms with E-state index in [2.05, 4.69) is 18.4 Å². The first kappa shape index (κ1) is 32.5. The molecule has 184 valence electrons. The minimum absolute atomic E-state index is 0. The van der Waals surface area contributed by atoms with Crippen LogP contribution in [-0.2, 0) is 13.3 Å². The summed E-state index contributed by atoms with van der Waals surface area (Å²) in [5.74, 6) is 0. The molecule has 30 heavy (non-hydrogen) atoms. The molecule has 0 aliphatic heterocycles. The molecule has 0 heterocycles. The van der Waals surface area contributed by atoms with Crippen LogP contribution in [0.25, 0.3) is 0 Å². The van der Waals surface area contributed by atoms with Crippen LogP contribution in [0.4, 0.5) is 0 Å². The number of rotatable bonds is 23. The fourth-order valence-corrected chi connectivity index (χ4v) is 6.35. The first-order chi connectivity index (χ1) is 14.2. The van der Waals surface area contributed by atoms with Crippen molar-refractivity contribution in [2.45, 2.75) is 123 Å². The third kappa shape index (κ3) is 16.0. The highest BCUT2D eigenvalue weighted by Crippen LogP contribution is 2.17. The molecule has 0 bridgehead atoms. The van der Waals surface area contributed by atoms with Crippen molar-refractivity contribution in [3.05, 3.63) is 0 Å². The van der Waals surface area contributed by atoms with E-state index in [1.165, 1.54) is 103 Å². The molecule has 0 fully saturated rings. The van der Waals surface area contributed by atoms with Crippen LogP contribution in [-0.4, -0.2) is 48.0 Å². The molecule has 0 aliphatic rings. The summed E-state index contributed by atoms with van der Waals surface area (Å²) < 4.78 is 19.3. The quantitative estimate of drug-likeness (QED) is 0.113. The van der Waals surface area contributed by atoms with E-state index in [-0.39, 0.29) is 12.4 Å². The first-order valence-electron chi connectivity index (χ1n) is 12.6. The van der Waals surface area contributed by atoms with Gasteiger partial charge in [0.05, 0.1) is 0 Å². The molecule has 6 heteroatoms. The molecule has 0 N–H and O–H groups in total. The average molecular weight is 468 g/mol. The van der Waals surface area contributed by atoms with Crippen LogP contribution < -0.4 is 0 Å². The summed E-state index contributed by atoms with van der Waals surface area (Å²) in [5, 5.41) is 0. The van der Waals surface area contributed by atoms with Crippen molar-refractivity contribution in [2.75, 3.05) is 34.4 Å². The van der Waals surface area contributed by atoms with Gasteiger partial charge in [0.15, 0.2) is 0 Å². The lowest BCUT2D eigenvalue weighted by Crippen LogP contribution is -2.59. The van der Waals surface area contributed by atoms with Crippen LogP contribution in [0.1, 0.15) is 123 Å². The monoisotopic (exact) mass is 467 g/mol. The van der Waals surface area contributed by atoms with Gasteiger partial charge >= 0.3 is 8.97 Å². The van der Waals surface area contributed by atoms with Crippen molar-refractivity contribution >= 4 is 21.4 Å². The molecule has 0 saturated heterocycles. The van der Waals surface area contributed by atoms with E-state index in [4.69, 9.17) is 13.3 Å². The van der Waals surface area contributed by atoms with Gasteiger partial charge in [0, 0.05) is 21.3 Å². The normalized spacial score (nSPS) is 11.8. The van der Waals surface area contributed by atoms with E-state index >= 15 is 0 Å². The molecule has 0 aliphatic carbocycles. The highest BCUT2D eigenvalue weighted by Gasteiger charge is 2.45. The van der Waals surface area contributed by atoms with Crippen molar-refractivity contribution in [1.29, 1.82) is 0 Å². The van der Waals surface area contributed by atoms with Gasteiger partial charge in [-0.2, -0.15) is 0 Å². The summed E-state index contributed by atoms with van der Waals surface area (Å²) in [4.78, 5) is 0. The topological polar surface area (TPSA) is 30.9 Å². The number of hydrogen-bond acceptors (Lipinski definition) is 4. The van der Waals surface area contributed by atoms with Gasteiger partial charge < -0.3 is 13.3 Å². The van der Waals surface area contributed by atoms with E-state index in [9.17, 15) is 0 Å². The molecular formula is C24H54ClNO3Si. The Morgan fingerprint density at radius 3 is 1.10 bits per heavy atom. The average Bonchev–Trinajstić information content (AvgIpc) is 2.75. The molecular weight excluding hydrogens is 414 g/mol. The maximum atomic E-state index is 5.65. The lowest BCUT2D eigenvalue weighted by Gasteiger charge is -2.35. The van der Waals surface area contributed by atoms with E-state index in [0.29, 0.717) is 0 Å². The van der Waals surface area contributed by atoms with Gasteiger partial charge in [-0.15, -0.1) is 12.4 Å². The summed E-state index contributed by atoms with van der Waals surface area (Å²) in [6, 6.07) is 0. The van der Waals surface area contributed by atoms with Crippen LogP contribution in [0.2, 0.25) is 0 Å². The van der Waals surface area contributed by atoms with Crippen LogP contribution in [0.5, 0.6) is 0 Å². The number of unbranched alkanes of at least 4 members (excludes halogenated alkanes) is 15. The molecule has 0 atom stereocenters. The molecule has 0 aromatic rings. The standard InChI is InChI=1S/C24H53NO3Si.ClH/c1-6-8-9-10-11-12-13-14-15-16-17-18-19-20-21-22-24-25(23-7-2)29(26-3,27-4)28-5;/h6-24H2,1-5H3;1H. The predicted octanol–water partition coefficient (Wildman–Crippen LogP) is 7.76. The predicted molar refractivity (Wildman–Crippen MR) is 135 cm³/mol. The third-order valence-corrected chi connectivity index (χ3v) is 8.71. The van der Waals surface area contributed by atoms with Crippen molar-refractivity contribution in [3.63, 3.8) is 0 Å². The third-order valence-electron chi connectivity index (χ3n) is 5.94.